The molecule has 0 spiro atoms. The third kappa shape index (κ3) is 4.20. The lowest BCUT2D eigenvalue weighted by Gasteiger charge is -2.09. The second-order valence-corrected chi connectivity index (χ2v) is 7.43. The highest BCUT2D eigenvalue weighted by molar-refractivity contribution is 7.18. The van der Waals surface area contributed by atoms with E-state index in [4.69, 9.17) is 20.8 Å². The van der Waals surface area contributed by atoms with Crippen LogP contribution in [-0.4, -0.2) is 25.5 Å². The molecule has 0 aliphatic heterocycles. The summed E-state index contributed by atoms with van der Waals surface area (Å²) in [4.78, 5) is 36.3. The van der Waals surface area contributed by atoms with E-state index in [9.17, 15) is 14.4 Å². The molecule has 3 aromatic rings. The summed E-state index contributed by atoms with van der Waals surface area (Å²) in [6, 6.07) is 8.23. The maximum Gasteiger partial charge on any atom is 0.340 e. The van der Waals surface area contributed by atoms with E-state index >= 15 is 0 Å². The van der Waals surface area contributed by atoms with Gasteiger partial charge in [0.05, 0.1) is 28.3 Å². The van der Waals surface area contributed by atoms with Crippen LogP contribution in [-0.2, 0) is 16.0 Å². The van der Waals surface area contributed by atoms with Gasteiger partial charge in [-0.1, -0.05) is 11.6 Å². The van der Waals surface area contributed by atoms with Gasteiger partial charge in [-0.05, 0) is 36.8 Å². The molecule has 0 N–H and O–H groups in total. The second kappa shape index (κ2) is 7.94. The van der Waals surface area contributed by atoms with Gasteiger partial charge in [0.25, 0.3) is 0 Å². The van der Waals surface area contributed by atoms with E-state index < -0.39 is 11.6 Å². The Labute approximate surface area is 163 Å². The zero-order chi connectivity index (χ0) is 19.6. The summed E-state index contributed by atoms with van der Waals surface area (Å²) in [6.45, 7) is 1.58. The molecule has 0 aliphatic rings. The Balaban J connectivity index is 1.83. The zero-order valence-electron chi connectivity index (χ0n) is 14.5. The van der Waals surface area contributed by atoms with Crippen LogP contribution in [0.5, 0.6) is 5.75 Å². The van der Waals surface area contributed by atoms with Crippen molar-refractivity contribution in [2.24, 2.45) is 0 Å². The third-order valence-electron chi connectivity index (χ3n) is 4.03. The molecule has 0 saturated carbocycles. The van der Waals surface area contributed by atoms with Crippen molar-refractivity contribution in [1.82, 2.24) is 0 Å². The van der Waals surface area contributed by atoms with Gasteiger partial charge in [-0.2, -0.15) is 0 Å². The van der Waals surface area contributed by atoms with Gasteiger partial charge in [-0.3, -0.25) is 9.59 Å². The van der Waals surface area contributed by atoms with Gasteiger partial charge in [0.1, 0.15) is 11.3 Å². The molecule has 0 atom stereocenters. The minimum atomic E-state index is -0.605. The molecule has 0 unspecified atom stereocenters. The van der Waals surface area contributed by atoms with Gasteiger partial charge in [0.2, 0.25) is 5.78 Å². The van der Waals surface area contributed by atoms with Crippen molar-refractivity contribution in [3.63, 3.8) is 0 Å². The number of Topliss-reactive ketones (excluding diaryl/α,β-unsaturated/α-hetero) is 1. The van der Waals surface area contributed by atoms with Gasteiger partial charge >= 0.3 is 11.6 Å². The molecular formula is C19H15ClO6S. The van der Waals surface area contributed by atoms with Crippen LogP contribution in [0.4, 0.5) is 0 Å². The minimum Gasteiger partial charge on any atom is -0.485 e. The van der Waals surface area contributed by atoms with Gasteiger partial charge < -0.3 is 13.9 Å². The monoisotopic (exact) mass is 406 g/mol. The van der Waals surface area contributed by atoms with E-state index in [2.05, 4.69) is 4.74 Å². The average molecular weight is 407 g/mol. The number of esters is 1. The Morgan fingerprint density at radius 3 is 2.67 bits per heavy atom. The van der Waals surface area contributed by atoms with E-state index in [1.807, 2.05) is 0 Å². The molecule has 0 bridgehead atoms. The van der Waals surface area contributed by atoms with Crippen molar-refractivity contribution in [1.29, 1.82) is 0 Å². The lowest BCUT2D eigenvalue weighted by Crippen LogP contribution is -2.16. The molecule has 140 valence electrons. The van der Waals surface area contributed by atoms with Crippen LogP contribution in [0.15, 0.2) is 39.5 Å². The largest absolute Gasteiger partial charge is 0.485 e. The number of hydrogen-bond donors (Lipinski definition) is 0. The number of carbonyl (C=O) groups is 2. The van der Waals surface area contributed by atoms with E-state index in [-0.39, 0.29) is 24.4 Å². The fraction of sp³-hybridized carbons (Fsp3) is 0.211. The van der Waals surface area contributed by atoms with Crippen LogP contribution in [0.3, 0.4) is 0 Å². The van der Waals surface area contributed by atoms with Crippen LogP contribution < -0.4 is 10.4 Å². The van der Waals surface area contributed by atoms with Crippen LogP contribution in [0.1, 0.15) is 20.8 Å². The van der Waals surface area contributed by atoms with Crippen LogP contribution >= 0.6 is 22.9 Å². The number of methoxy groups -OCH3 is 1. The molecule has 0 fully saturated rings. The second-order valence-electron chi connectivity index (χ2n) is 5.72. The highest BCUT2D eigenvalue weighted by Gasteiger charge is 2.16. The number of carbonyl (C=O) groups excluding carboxylic acids is 2. The van der Waals surface area contributed by atoms with Crippen molar-refractivity contribution in [2.45, 2.75) is 13.3 Å². The number of benzene rings is 1. The van der Waals surface area contributed by atoms with Gasteiger partial charge in [0.15, 0.2) is 6.61 Å². The number of hydrogen-bond acceptors (Lipinski definition) is 7. The van der Waals surface area contributed by atoms with Gasteiger partial charge in [0, 0.05) is 11.5 Å². The lowest BCUT2D eigenvalue weighted by molar-refractivity contribution is -0.139. The zero-order valence-corrected chi connectivity index (χ0v) is 16.1. The SMILES string of the molecule is COC(=O)Cc1c(C)c2ccc(OCC(=O)c3ccc(Cl)s3)cc2oc1=O. The molecule has 0 saturated heterocycles. The Morgan fingerprint density at radius 1 is 1.22 bits per heavy atom. The van der Waals surface area contributed by atoms with Crippen molar-refractivity contribution in [3.8, 4) is 5.75 Å². The molecule has 27 heavy (non-hydrogen) atoms. The molecule has 6 nitrogen and oxygen atoms in total. The number of fused-ring (bicyclic) bond motifs is 1. The molecule has 0 aliphatic carbocycles. The summed E-state index contributed by atoms with van der Waals surface area (Å²) in [5.41, 5.74) is 0.609. The van der Waals surface area contributed by atoms with E-state index in [1.165, 1.54) is 18.4 Å². The molecular weight excluding hydrogens is 392 g/mol. The topological polar surface area (TPSA) is 82.8 Å². The fourth-order valence-electron chi connectivity index (χ4n) is 2.57. The Bertz CT molecular complexity index is 1080. The molecule has 0 amide bonds. The number of halogens is 1. The Hall–Kier alpha value is -2.64. The first-order valence-corrected chi connectivity index (χ1v) is 9.13. The smallest absolute Gasteiger partial charge is 0.340 e. The predicted octanol–water partition coefficient (Wildman–Crippen LogP) is 3.79. The first-order valence-electron chi connectivity index (χ1n) is 7.93. The van der Waals surface area contributed by atoms with Crippen LogP contribution in [0, 0.1) is 6.92 Å². The summed E-state index contributed by atoms with van der Waals surface area (Å²) in [5, 5.41) is 0.678. The summed E-state index contributed by atoms with van der Waals surface area (Å²) >= 11 is 7.01. The number of rotatable bonds is 6. The lowest BCUT2D eigenvalue weighted by atomic mass is 10.0. The van der Waals surface area contributed by atoms with Crippen LogP contribution in [0.2, 0.25) is 4.34 Å². The highest BCUT2D eigenvalue weighted by atomic mass is 35.5. The average Bonchev–Trinajstić information content (AvgIpc) is 3.09. The Kier molecular flexibility index (Phi) is 5.62. The number of ketones is 1. The maximum atomic E-state index is 12.2. The molecule has 1 aromatic carbocycles. The fourth-order valence-corrected chi connectivity index (χ4v) is 3.54. The standard InChI is InChI=1S/C19H15ClO6S/c1-10-12-4-3-11(25-9-14(21)16-5-6-17(20)27-16)7-15(12)26-19(23)13(10)8-18(22)24-2/h3-7H,8-9H2,1-2H3. The summed E-state index contributed by atoms with van der Waals surface area (Å²) in [5.74, 6) is -0.322. The molecule has 2 aromatic heterocycles. The normalized spacial score (nSPS) is 10.8. The maximum absolute atomic E-state index is 12.2. The van der Waals surface area contributed by atoms with Crippen molar-refractivity contribution in [2.75, 3.05) is 13.7 Å². The quantitative estimate of drug-likeness (QED) is 0.352. The number of thiophene rings is 1. The van der Waals surface area contributed by atoms with Crippen molar-refractivity contribution < 1.29 is 23.5 Å². The van der Waals surface area contributed by atoms with Crippen molar-refractivity contribution >= 4 is 45.7 Å². The molecule has 3 rings (SSSR count). The van der Waals surface area contributed by atoms with Crippen LogP contribution in [0.25, 0.3) is 11.0 Å². The van der Waals surface area contributed by atoms with E-state index in [1.54, 1.807) is 37.3 Å². The Morgan fingerprint density at radius 2 is 2.00 bits per heavy atom. The first kappa shape index (κ1) is 19.1. The summed E-state index contributed by atoms with van der Waals surface area (Å²) < 4.78 is 16.0. The molecule has 8 heteroatoms. The number of ether oxygens (including phenoxy) is 2. The minimum absolute atomic E-state index is 0.156. The van der Waals surface area contributed by atoms with Crippen molar-refractivity contribution in [3.05, 3.63) is 61.1 Å². The highest BCUT2D eigenvalue weighted by Crippen LogP contribution is 2.25. The molecule has 2 heterocycles. The number of aryl methyl sites for hydroxylation is 1. The van der Waals surface area contributed by atoms with E-state index in [0.29, 0.717) is 31.5 Å². The predicted molar refractivity (Wildman–Crippen MR) is 102 cm³/mol. The van der Waals surface area contributed by atoms with Gasteiger partial charge in [-0.15, -0.1) is 11.3 Å². The first-order chi connectivity index (χ1) is 12.9. The third-order valence-corrected chi connectivity index (χ3v) is 5.30. The van der Waals surface area contributed by atoms with Gasteiger partial charge in [-0.25, -0.2) is 4.79 Å². The molecule has 0 radical (unpaired) electrons. The van der Waals surface area contributed by atoms with E-state index in [0.717, 1.165) is 0 Å². The summed E-state index contributed by atoms with van der Waals surface area (Å²) in [7, 11) is 1.26. The summed E-state index contributed by atoms with van der Waals surface area (Å²) in [6.07, 6.45) is -0.156.